The Morgan fingerprint density at radius 2 is 2.04 bits per heavy atom. The molecule has 2 aromatic rings. The van der Waals surface area contributed by atoms with Gasteiger partial charge in [0.25, 0.3) is 5.91 Å². The van der Waals surface area contributed by atoms with Crippen LogP contribution in [0.3, 0.4) is 0 Å². The fourth-order valence-corrected chi connectivity index (χ4v) is 4.73. The first-order valence-electron chi connectivity index (χ1n) is 8.63. The van der Waals surface area contributed by atoms with Gasteiger partial charge >= 0.3 is 0 Å². The summed E-state index contributed by atoms with van der Waals surface area (Å²) in [5.74, 6) is -1.85. The Balaban J connectivity index is 1.70. The van der Waals surface area contributed by atoms with Crippen molar-refractivity contribution < 1.29 is 17.6 Å². The zero-order valence-electron chi connectivity index (χ0n) is 14.5. The lowest BCUT2D eigenvalue weighted by Crippen LogP contribution is -2.44. The maximum absolute atomic E-state index is 14.3. The molecule has 1 aromatic heterocycles. The average molecular weight is 415 g/mol. The summed E-state index contributed by atoms with van der Waals surface area (Å²) in [6.07, 6.45) is 7.78. The van der Waals surface area contributed by atoms with Crippen LogP contribution in [0, 0.1) is 11.7 Å². The van der Waals surface area contributed by atoms with E-state index in [4.69, 9.17) is 11.6 Å². The molecule has 1 heterocycles. The Morgan fingerprint density at radius 3 is 2.70 bits per heavy atom. The number of nitrogens with zero attached hydrogens (tertiary/aromatic N) is 1. The van der Waals surface area contributed by atoms with E-state index in [-0.39, 0.29) is 22.3 Å². The molecule has 0 saturated heterocycles. The van der Waals surface area contributed by atoms with Crippen LogP contribution in [0.2, 0.25) is 5.02 Å². The molecule has 0 spiro atoms. The highest BCUT2D eigenvalue weighted by molar-refractivity contribution is 7.89. The summed E-state index contributed by atoms with van der Waals surface area (Å²) in [5, 5.41) is -0.252. The number of carbonyl (C=O) groups excluding carboxylic acids is 1. The molecule has 0 unspecified atom stereocenters. The second-order valence-electron chi connectivity index (χ2n) is 6.63. The van der Waals surface area contributed by atoms with Crippen molar-refractivity contribution >= 4 is 27.5 Å². The van der Waals surface area contributed by atoms with E-state index in [0.29, 0.717) is 11.3 Å². The highest BCUT2D eigenvalue weighted by Gasteiger charge is 2.23. The molecule has 0 radical (unpaired) electrons. The normalized spacial score (nSPS) is 15.6. The van der Waals surface area contributed by atoms with E-state index in [2.05, 4.69) is 15.4 Å². The fraction of sp³-hybridized carbons (Fsp3) is 0.412. The molecule has 7 nitrogen and oxygen atoms in total. The number of carbonyl (C=O) groups is 1. The van der Waals surface area contributed by atoms with Crippen molar-refractivity contribution in [2.75, 3.05) is 5.75 Å². The molecule has 0 aliphatic heterocycles. The molecule has 1 aliphatic rings. The number of nitrogens with one attached hydrogen (secondary N) is 3. The van der Waals surface area contributed by atoms with E-state index in [9.17, 15) is 17.6 Å². The second-order valence-corrected chi connectivity index (χ2v) is 8.80. The molecule has 0 atom stereocenters. The monoisotopic (exact) mass is 414 g/mol. The summed E-state index contributed by atoms with van der Waals surface area (Å²) in [7, 11) is -3.71. The predicted octanol–water partition coefficient (Wildman–Crippen LogP) is 3.01. The van der Waals surface area contributed by atoms with Gasteiger partial charge in [0.05, 0.1) is 34.6 Å². The van der Waals surface area contributed by atoms with Gasteiger partial charge in [-0.3, -0.25) is 10.2 Å². The number of amides is 1. The maximum Gasteiger partial charge on any atom is 0.269 e. The smallest absolute Gasteiger partial charge is 0.269 e. The number of imidazole rings is 1. The molecule has 27 heavy (non-hydrogen) atoms. The third kappa shape index (κ3) is 5.06. The number of aromatic amines is 1. The van der Waals surface area contributed by atoms with E-state index < -0.39 is 21.7 Å². The minimum absolute atomic E-state index is 0.0648. The Bertz CT molecular complexity index is 913. The number of hydrogen-bond donors (Lipinski definition) is 3. The number of halogens is 2. The summed E-state index contributed by atoms with van der Waals surface area (Å²) >= 11 is 5.87. The van der Waals surface area contributed by atoms with Crippen LogP contribution in [0.4, 0.5) is 4.39 Å². The van der Waals surface area contributed by atoms with Crippen LogP contribution < -0.4 is 10.3 Å². The largest absolute Gasteiger partial charge is 0.345 e. The summed E-state index contributed by atoms with van der Waals surface area (Å²) < 4.78 is 38.6. The van der Waals surface area contributed by atoms with Crippen molar-refractivity contribution in [2.24, 2.45) is 5.92 Å². The van der Waals surface area contributed by atoms with Crippen molar-refractivity contribution in [3.63, 3.8) is 0 Å². The zero-order chi connectivity index (χ0) is 19.4. The molecule has 1 aliphatic carbocycles. The van der Waals surface area contributed by atoms with Crippen molar-refractivity contribution in [3.05, 3.63) is 41.1 Å². The average Bonchev–Trinajstić information content (AvgIpc) is 3.17. The quantitative estimate of drug-likeness (QED) is 0.632. The third-order valence-corrected chi connectivity index (χ3v) is 6.18. The molecule has 3 N–H and O–H groups in total. The number of hydrazine groups is 1. The second kappa shape index (κ2) is 8.37. The third-order valence-electron chi connectivity index (χ3n) is 4.58. The van der Waals surface area contributed by atoms with Gasteiger partial charge in [0.15, 0.2) is 5.82 Å². The number of sulfonamides is 1. The van der Waals surface area contributed by atoms with Crippen molar-refractivity contribution in [2.45, 2.75) is 32.1 Å². The number of H-pyrrole nitrogens is 1. The molecular formula is C17H20ClFN4O3S. The van der Waals surface area contributed by atoms with Crippen molar-refractivity contribution in [3.8, 4) is 11.3 Å². The lowest BCUT2D eigenvalue weighted by molar-refractivity contribution is 0.0941. The van der Waals surface area contributed by atoms with Gasteiger partial charge in [-0.15, -0.1) is 4.83 Å². The van der Waals surface area contributed by atoms with Gasteiger partial charge in [-0.1, -0.05) is 30.9 Å². The lowest BCUT2D eigenvalue weighted by Gasteiger charge is -2.21. The van der Waals surface area contributed by atoms with E-state index in [1.165, 1.54) is 24.7 Å². The number of aromatic nitrogens is 2. The van der Waals surface area contributed by atoms with Crippen molar-refractivity contribution in [1.82, 2.24) is 20.2 Å². The molecule has 146 valence electrons. The van der Waals surface area contributed by atoms with Crippen LogP contribution in [0.1, 0.15) is 42.5 Å². The number of benzene rings is 1. The first kappa shape index (κ1) is 19.8. The summed E-state index contributed by atoms with van der Waals surface area (Å²) in [4.78, 5) is 21.1. The Hall–Kier alpha value is -1.97. The molecule has 3 rings (SSSR count). The molecule has 10 heteroatoms. The predicted molar refractivity (Wildman–Crippen MR) is 100.0 cm³/mol. The Labute approximate surface area is 161 Å². The Kier molecular flexibility index (Phi) is 6.13. The number of rotatable bonds is 6. The highest BCUT2D eigenvalue weighted by atomic mass is 35.5. The maximum atomic E-state index is 14.3. The van der Waals surface area contributed by atoms with Gasteiger partial charge in [0.1, 0.15) is 0 Å². The van der Waals surface area contributed by atoms with Crippen LogP contribution in [0.15, 0.2) is 24.7 Å². The van der Waals surface area contributed by atoms with E-state index in [0.717, 1.165) is 32.1 Å². The molecule has 1 fully saturated rings. The van der Waals surface area contributed by atoms with Crippen LogP contribution in [0.5, 0.6) is 0 Å². The van der Waals surface area contributed by atoms with Gasteiger partial charge in [-0.05, 0) is 30.9 Å². The van der Waals surface area contributed by atoms with Crippen LogP contribution in [-0.4, -0.2) is 30.0 Å². The molecule has 1 aromatic carbocycles. The minimum Gasteiger partial charge on any atom is -0.345 e. The molecule has 0 bridgehead atoms. The van der Waals surface area contributed by atoms with E-state index >= 15 is 0 Å². The first-order valence-corrected chi connectivity index (χ1v) is 10.7. The zero-order valence-corrected chi connectivity index (χ0v) is 16.0. The van der Waals surface area contributed by atoms with Gasteiger partial charge in [-0.2, -0.15) is 0 Å². The van der Waals surface area contributed by atoms with Gasteiger partial charge in [0.2, 0.25) is 10.0 Å². The van der Waals surface area contributed by atoms with E-state index in [1.807, 2.05) is 4.83 Å². The molecule has 1 amide bonds. The van der Waals surface area contributed by atoms with Crippen LogP contribution in [0.25, 0.3) is 11.3 Å². The van der Waals surface area contributed by atoms with Gasteiger partial charge in [-0.25, -0.2) is 17.8 Å². The van der Waals surface area contributed by atoms with Gasteiger partial charge in [0, 0.05) is 5.56 Å². The van der Waals surface area contributed by atoms with Crippen molar-refractivity contribution in [1.29, 1.82) is 0 Å². The van der Waals surface area contributed by atoms with E-state index in [1.54, 1.807) is 0 Å². The fourth-order valence-electron chi connectivity index (χ4n) is 3.22. The SMILES string of the molecule is O=C(NNS(=O)(=O)CC1CCCCC1)c1cc(-c2cnc[nH]2)cc(Cl)c1F. The number of hydrogen-bond acceptors (Lipinski definition) is 4. The lowest BCUT2D eigenvalue weighted by atomic mass is 9.91. The molecular weight excluding hydrogens is 395 g/mol. The standard InChI is InChI=1S/C17H20ClFN4O3S/c18-14-7-12(15-8-20-10-21-15)6-13(16(14)19)17(24)22-23-27(25,26)9-11-4-2-1-3-5-11/h6-8,10-11,23H,1-5,9H2,(H,20,21)(H,22,24). The van der Waals surface area contributed by atoms with Gasteiger partial charge < -0.3 is 4.98 Å². The topological polar surface area (TPSA) is 104 Å². The summed E-state index contributed by atoms with van der Waals surface area (Å²) in [6.45, 7) is 0. The first-order chi connectivity index (χ1) is 12.9. The molecule has 1 saturated carbocycles. The minimum atomic E-state index is -3.71. The van der Waals surface area contributed by atoms with Crippen LogP contribution in [-0.2, 0) is 10.0 Å². The summed E-state index contributed by atoms with van der Waals surface area (Å²) in [6, 6.07) is 2.63. The Morgan fingerprint density at radius 1 is 1.30 bits per heavy atom. The highest BCUT2D eigenvalue weighted by Crippen LogP contribution is 2.27. The summed E-state index contributed by atoms with van der Waals surface area (Å²) in [5.41, 5.74) is 2.70. The van der Waals surface area contributed by atoms with Crippen LogP contribution >= 0.6 is 11.6 Å².